The molecule has 0 amide bonds. The van der Waals surface area contributed by atoms with Crippen LogP contribution in [0.25, 0.3) is 0 Å². The topological polar surface area (TPSA) is 29.3 Å². The van der Waals surface area contributed by atoms with Gasteiger partial charge in [0.15, 0.2) is 0 Å². The molecule has 2 rings (SSSR count). The first kappa shape index (κ1) is 11.8. The van der Waals surface area contributed by atoms with E-state index in [1.807, 2.05) is 13.1 Å². The lowest BCUT2D eigenvalue weighted by molar-refractivity contribution is 0.279. The van der Waals surface area contributed by atoms with Crippen LogP contribution in [-0.2, 0) is 0 Å². The molecule has 0 spiro atoms. The highest BCUT2D eigenvalue weighted by molar-refractivity contribution is 6.30. The van der Waals surface area contributed by atoms with E-state index in [9.17, 15) is 4.39 Å². The summed E-state index contributed by atoms with van der Waals surface area (Å²) < 4.78 is 13.4. The van der Waals surface area contributed by atoms with Crippen LogP contribution >= 0.6 is 11.6 Å². The summed E-state index contributed by atoms with van der Waals surface area (Å²) in [5.74, 6) is 0.0563. The molecule has 2 nitrogen and oxygen atoms in total. The van der Waals surface area contributed by atoms with Gasteiger partial charge in [0.05, 0.1) is 5.02 Å². The largest absolute Gasteiger partial charge is 0.330 e. The van der Waals surface area contributed by atoms with Crippen molar-refractivity contribution < 1.29 is 4.39 Å². The molecule has 1 fully saturated rings. The van der Waals surface area contributed by atoms with Crippen LogP contribution in [0.2, 0.25) is 5.02 Å². The summed E-state index contributed by atoms with van der Waals surface area (Å²) in [5.41, 5.74) is 6.72. The van der Waals surface area contributed by atoms with E-state index in [0.717, 1.165) is 18.5 Å². The number of rotatable bonds is 2. The molecule has 0 saturated carbocycles. The van der Waals surface area contributed by atoms with E-state index in [0.29, 0.717) is 12.5 Å². The van der Waals surface area contributed by atoms with Gasteiger partial charge in [0.2, 0.25) is 0 Å². The highest BCUT2D eigenvalue weighted by Crippen LogP contribution is 2.36. The maximum atomic E-state index is 13.4. The number of hydrogen-bond donors (Lipinski definition) is 1. The Labute approximate surface area is 100 Å². The fraction of sp³-hybridized carbons (Fsp3) is 0.500. The van der Waals surface area contributed by atoms with Gasteiger partial charge in [-0.3, -0.25) is 4.90 Å². The lowest BCUT2D eigenvalue weighted by Gasteiger charge is -2.24. The Bertz CT molecular complexity index is 383. The van der Waals surface area contributed by atoms with Crippen molar-refractivity contribution in [1.29, 1.82) is 0 Å². The van der Waals surface area contributed by atoms with Gasteiger partial charge in [-0.1, -0.05) is 17.7 Å². The Morgan fingerprint density at radius 3 is 2.94 bits per heavy atom. The Balaban J connectivity index is 2.31. The zero-order valence-electron chi connectivity index (χ0n) is 9.29. The maximum absolute atomic E-state index is 13.4. The van der Waals surface area contributed by atoms with E-state index < -0.39 is 0 Å². The quantitative estimate of drug-likeness (QED) is 0.863. The predicted octanol–water partition coefficient (Wildman–Crippen LogP) is 2.43. The first-order chi connectivity index (χ1) is 7.63. The van der Waals surface area contributed by atoms with Gasteiger partial charge in [-0.25, -0.2) is 4.39 Å². The number of benzene rings is 1. The van der Waals surface area contributed by atoms with E-state index in [1.54, 1.807) is 6.07 Å². The van der Waals surface area contributed by atoms with Crippen molar-refractivity contribution in [2.75, 3.05) is 20.1 Å². The molecule has 2 N–H and O–H groups in total. The third kappa shape index (κ3) is 2.08. The Kier molecular flexibility index (Phi) is 3.47. The minimum absolute atomic E-state index is 0.175. The number of nitrogens with two attached hydrogens (primary N) is 1. The van der Waals surface area contributed by atoms with Crippen molar-refractivity contribution in [2.45, 2.75) is 12.5 Å². The number of likely N-dealkylation sites (tertiary alicyclic amines) is 1. The van der Waals surface area contributed by atoms with Gasteiger partial charge in [-0.2, -0.15) is 0 Å². The molecule has 0 bridgehead atoms. The van der Waals surface area contributed by atoms with E-state index in [4.69, 9.17) is 17.3 Å². The van der Waals surface area contributed by atoms with Gasteiger partial charge >= 0.3 is 0 Å². The summed E-state index contributed by atoms with van der Waals surface area (Å²) in [6, 6.07) is 5.25. The summed E-state index contributed by atoms with van der Waals surface area (Å²) in [4.78, 5) is 2.22. The van der Waals surface area contributed by atoms with Crippen molar-refractivity contribution in [3.8, 4) is 0 Å². The monoisotopic (exact) mass is 242 g/mol. The molecule has 4 heteroatoms. The molecule has 1 aromatic rings. The molecule has 1 aromatic carbocycles. The van der Waals surface area contributed by atoms with Crippen LogP contribution in [0.5, 0.6) is 0 Å². The molecule has 88 valence electrons. The van der Waals surface area contributed by atoms with Crippen LogP contribution in [-0.4, -0.2) is 25.0 Å². The second-order valence-electron chi connectivity index (χ2n) is 4.38. The van der Waals surface area contributed by atoms with Gasteiger partial charge < -0.3 is 5.73 Å². The molecule has 16 heavy (non-hydrogen) atoms. The fourth-order valence-corrected chi connectivity index (χ4v) is 2.61. The van der Waals surface area contributed by atoms with Crippen LogP contribution in [0.4, 0.5) is 4.39 Å². The molecule has 1 aliphatic heterocycles. The predicted molar refractivity (Wildman–Crippen MR) is 63.9 cm³/mol. The fourth-order valence-electron chi connectivity index (χ4n) is 2.50. The zero-order valence-corrected chi connectivity index (χ0v) is 10.0. The molecule has 0 aliphatic carbocycles. The third-order valence-corrected chi connectivity index (χ3v) is 3.67. The third-order valence-electron chi connectivity index (χ3n) is 3.36. The second-order valence-corrected chi connectivity index (χ2v) is 4.79. The summed E-state index contributed by atoms with van der Waals surface area (Å²) in [6.45, 7) is 1.65. The summed E-state index contributed by atoms with van der Waals surface area (Å²) in [5, 5.41) is 0.175. The van der Waals surface area contributed by atoms with Gasteiger partial charge in [0, 0.05) is 6.04 Å². The van der Waals surface area contributed by atoms with Crippen molar-refractivity contribution in [2.24, 2.45) is 11.7 Å². The van der Waals surface area contributed by atoms with Crippen LogP contribution in [0, 0.1) is 11.7 Å². The standard InChI is InChI=1S/C12H16ClFN2/c1-16-5-4-9(7-15)12(16)8-2-3-10(13)11(14)6-8/h2-3,6,9,12H,4-5,7,15H2,1H3/t9-,12+/m0/s1. The van der Waals surface area contributed by atoms with Gasteiger partial charge in [0.1, 0.15) is 5.82 Å². The zero-order chi connectivity index (χ0) is 11.7. The average Bonchev–Trinajstić information content (AvgIpc) is 2.64. The first-order valence-electron chi connectivity index (χ1n) is 5.48. The molecule has 1 heterocycles. The molecule has 0 radical (unpaired) electrons. The highest BCUT2D eigenvalue weighted by atomic mass is 35.5. The first-order valence-corrected chi connectivity index (χ1v) is 5.86. The van der Waals surface area contributed by atoms with Crippen molar-refractivity contribution >= 4 is 11.6 Å². The number of hydrogen-bond acceptors (Lipinski definition) is 2. The lowest BCUT2D eigenvalue weighted by atomic mass is 9.94. The Morgan fingerprint density at radius 1 is 1.56 bits per heavy atom. The van der Waals surface area contributed by atoms with Crippen LogP contribution in [0.1, 0.15) is 18.0 Å². The van der Waals surface area contributed by atoms with E-state index >= 15 is 0 Å². The summed E-state index contributed by atoms with van der Waals surface area (Å²) >= 11 is 5.68. The minimum Gasteiger partial charge on any atom is -0.330 e. The lowest BCUT2D eigenvalue weighted by Crippen LogP contribution is -2.25. The van der Waals surface area contributed by atoms with Crippen LogP contribution < -0.4 is 5.73 Å². The highest BCUT2D eigenvalue weighted by Gasteiger charge is 2.32. The molecule has 2 atom stereocenters. The normalized spacial score (nSPS) is 26.2. The van der Waals surface area contributed by atoms with Crippen molar-refractivity contribution in [3.63, 3.8) is 0 Å². The molecule has 0 aromatic heterocycles. The van der Waals surface area contributed by atoms with Crippen LogP contribution in [0.3, 0.4) is 0 Å². The van der Waals surface area contributed by atoms with Crippen molar-refractivity contribution in [3.05, 3.63) is 34.6 Å². The minimum atomic E-state index is -0.352. The Morgan fingerprint density at radius 2 is 2.31 bits per heavy atom. The Hall–Kier alpha value is -0.640. The molecule has 1 aliphatic rings. The molecule has 0 unspecified atom stereocenters. The number of halogens is 2. The van der Waals surface area contributed by atoms with Crippen LogP contribution in [0.15, 0.2) is 18.2 Å². The van der Waals surface area contributed by atoms with Gasteiger partial charge in [0.25, 0.3) is 0 Å². The van der Waals surface area contributed by atoms with Gasteiger partial charge in [-0.15, -0.1) is 0 Å². The smallest absolute Gasteiger partial charge is 0.142 e. The molecular weight excluding hydrogens is 227 g/mol. The number of nitrogens with zero attached hydrogens (tertiary/aromatic N) is 1. The summed E-state index contributed by atoms with van der Waals surface area (Å²) in [6.07, 6.45) is 1.07. The second kappa shape index (κ2) is 4.70. The summed E-state index contributed by atoms with van der Waals surface area (Å²) in [7, 11) is 2.05. The van der Waals surface area contributed by atoms with Crippen molar-refractivity contribution in [1.82, 2.24) is 4.90 Å². The van der Waals surface area contributed by atoms with Gasteiger partial charge in [-0.05, 0) is 50.2 Å². The maximum Gasteiger partial charge on any atom is 0.142 e. The molecule has 1 saturated heterocycles. The molecular formula is C12H16ClFN2. The van der Waals surface area contributed by atoms with E-state index in [2.05, 4.69) is 4.90 Å². The van der Waals surface area contributed by atoms with E-state index in [-0.39, 0.29) is 16.9 Å². The SMILES string of the molecule is CN1CC[C@@H](CN)[C@H]1c1ccc(Cl)c(F)c1. The average molecular weight is 243 g/mol. The van der Waals surface area contributed by atoms with E-state index in [1.165, 1.54) is 6.07 Å².